The Hall–Kier alpha value is -0.850. The van der Waals surface area contributed by atoms with E-state index < -0.39 is 0 Å². The summed E-state index contributed by atoms with van der Waals surface area (Å²) < 4.78 is 15.5. The molecule has 0 atom stereocenters. The predicted octanol–water partition coefficient (Wildman–Crippen LogP) is 0.761. The second-order valence-electron chi connectivity index (χ2n) is 4.06. The number of hydrogen-bond donors (Lipinski definition) is 2. The molecule has 114 valence electrons. The summed E-state index contributed by atoms with van der Waals surface area (Å²) in [6.07, 6.45) is 2.93. The third-order valence-corrected chi connectivity index (χ3v) is 2.39. The minimum Gasteiger partial charge on any atom is -0.382 e. The summed E-state index contributed by atoms with van der Waals surface area (Å²) in [5.74, 6) is 0.511. The number of guanidine groups is 1. The minimum absolute atomic E-state index is 0.511. The van der Waals surface area contributed by atoms with E-state index >= 15 is 0 Å². The molecule has 0 aliphatic heterocycles. The van der Waals surface area contributed by atoms with E-state index in [1.165, 1.54) is 0 Å². The summed E-state index contributed by atoms with van der Waals surface area (Å²) >= 11 is 0. The Morgan fingerprint density at radius 1 is 1.05 bits per heavy atom. The number of nitrogens with one attached hydrogen (secondary N) is 1. The van der Waals surface area contributed by atoms with Crippen molar-refractivity contribution >= 4 is 5.96 Å². The monoisotopic (exact) mass is 275 g/mol. The number of methoxy groups -OCH3 is 1. The summed E-state index contributed by atoms with van der Waals surface area (Å²) in [5.41, 5.74) is 5.72. The fourth-order valence-electron chi connectivity index (χ4n) is 1.36. The zero-order valence-electron chi connectivity index (χ0n) is 12.3. The van der Waals surface area contributed by atoms with Gasteiger partial charge in [-0.2, -0.15) is 0 Å². The third-order valence-electron chi connectivity index (χ3n) is 2.39. The number of ether oxygens (including phenoxy) is 3. The lowest BCUT2D eigenvalue weighted by molar-refractivity contribution is 0.0689. The van der Waals surface area contributed by atoms with E-state index in [9.17, 15) is 0 Å². The highest BCUT2D eigenvalue weighted by Gasteiger charge is 1.93. The van der Waals surface area contributed by atoms with Crippen LogP contribution in [0.4, 0.5) is 0 Å². The van der Waals surface area contributed by atoms with Gasteiger partial charge in [-0.15, -0.1) is 0 Å². The molecule has 0 radical (unpaired) electrons. The van der Waals surface area contributed by atoms with E-state index in [2.05, 4.69) is 10.3 Å². The van der Waals surface area contributed by atoms with Crippen LogP contribution < -0.4 is 11.1 Å². The fraction of sp³-hybridized carbons (Fsp3) is 0.923. The standard InChI is InChI=1S/C13H29N3O3/c1-3-18-10-6-8-16-13(14)15-7-4-5-9-19-12-11-17-2/h3-12H2,1-2H3,(H3,14,15,16). The molecule has 6 heteroatoms. The van der Waals surface area contributed by atoms with Crippen molar-refractivity contribution in [3.05, 3.63) is 0 Å². The van der Waals surface area contributed by atoms with Crippen LogP contribution in [0.1, 0.15) is 26.2 Å². The van der Waals surface area contributed by atoms with Gasteiger partial charge in [-0.05, 0) is 26.2 Å². The lowest BCUT2D eigenvalue weighted by Gasteiger charge is -2.06. The van der Waals surface area contributed by atoms with E-state index in [-0.39, 0.29) is 0 Å². The van der Waals surface area contributed by atoms with Crippen molar-refractivity contribution in [3.8, 4) is 0 Å². The molecule has 0 aromatic carbocycles. The molecule has 0 heterocycles. The second-order valence-corrected chi connectivity index (χ2v) is 4.06. The topological polar surface area (TPSA) is 78.1 Å². The summed E-state index contributed by atoms with van der Waals surface area (Å²) in [5, 5.41) is 3.08. The molecule has 0 fully saturated rings. The van der Waals surface area contributed by atoms with Gasteiger partial charge in [0.15, 0.2) is 5.96 Å². The summed E-state index contributed by atoms with van der Waals surface area (Å²) in [6, 6.07) is 0. The number of hydrogen-bond acceptors (Lipinski definition) is 4. The SMILES string of the molecule is CCOCCCN=C(N)NCCCCOCCOC. The first-order valence-electron chi connectivity index (χ1n) is 6.99. The van der Waals surface area contributed by atoms with Crippen molar-refractivity contribution in [2.24, 2.45) is 10.7 Å². The van der Waals surface area contributed by atoms with E-state index in [1.807, 2.05) is 6.92 Å². The first-order chi connectivity index (χ1) is 9.31. The van der Waals surface area contributed by atoms with Gasteiger partial charge in [0.05, 0.1) is 13.2 Å². The van der Waals surface area contributed by atoms with Crippen LogP contribution in [0, 0.1) is 0 Å². The zero-order valence-corrected chi connectivity index (χ0v) is 12.3. The average Bonchev–Trinajstić information content (AvgIpc) is 2.41. The molecule has 0 aromatic rings. The van der Waals surface area contributed by atoms with Gasteiger partial charge in [-0.25, -0.2) is 0 Å². The number of nitrogens with two attached hydrogens (primary N) is 1. The highest BCUT2D eigenvalue weighted by atomic mass is 16.5. The minimum atomic E-state index is 0.511. The summed E-state index contributed by atoms with van der Waals surface area (Å²) in [7, 11) is 1.67. The van der Waals surface area contributed by atoms with Crippen LogP contribution in [0.5, 0.6) is 0 Å². The molecule has 19 heavy (non-hydrogen) atoms. The molecule has 0 rings (SSSR count). The van der Waals surface area contributed by atoms with Crippen molar-refractivity contribution in [3.63, 3.8) is 0 Å². The van der Waals surface area contributed by atoms with Crippen LogP contribution in [-0.4, -0.2) is 59.2 Å². The van der Waals surface area contributed by atoms with Crippen LogP contribution in [0.25, 0.3) is 0 Å². The molecule has 6 nitrogen and oxygen atoms in total. The molecular weight excluding hydrogens is 246 g/mol. The Morgan fingerprint density at radius 3 is 2.58 bits per heavy atom. The highest BCUT2D eigenvalue weighted by molar-refractivity contribution is 5.77. The Labute approximate surface area is 116 Å². The van der Waals surface area contributed by atoms with Gasteiger partial charge in [-0.3, -0.25) is 4.99 Å². The van der Waals surface area contributed by atoms with Crippen molar-refractivity contribution in [2.75, 3.05) is 53.2 Å². The Balaban J connectivity index is 3.23. The van der Waals surface area contributed by atoms with Gasteiger partial charge < -0.3 is 25.3 Å². The summed E-state index contributed by atoms with van der Waals surface area (Å²) in [6.45, 7) is 7.09. The van der Waals surface area contributed by atoms with Gasteiger partial charge in [0, 0.05) is 40.0 Å². The molecule has 0 spiro atoms. The fourth-order valence-corrected chi connectivity index (χ4v) is 1.36. The lowest BCUT2D eigenvalue weighted by atomic mass is 10.3. The molecule has 0 aliphatic carbocycles. The molecule has 0 aliphatic rings. The van der Waals surface area contributed by atoms with Gasteiger partial charge in [0.2, 0.25) is 0 Å². The number of unbranched alkanes of at least 4 members (excludes halogenated alkanes) is 1. The highest BCUT2D eigenvalue weighted by Crippen LogP contribution is 1.89. The number of nitrogens with zero attached hydrogens (tertiary/aromatic N) is 1. The first-order valence-corrected chi connectivity index (χ1v) is 6.99. The van der Waals surface area contributed by atoms with Crippen molar-refractivity contribution in [1.29, 1.82) is 0 Å². The van der Waals surface area contributed by atoms with E-state index in [0.29, 0.717) is 25.7 Å². The Morgan fingerprint density at radius 2 is 1.84 bits per heavy atom. The molecule has 0 aromatic heterocycles. The number of rotatable bonds is 13. The van der Waals surface area contributed by atoms with Gasteiger partial charge in [0.25, 0.3) is 0 Å². The van der Waals surface area contributed by atoms with Crippen molar-refractivity contribution in [1.82, 2.24) is 5.32 Å². The molecule has 0 saturated heterocycles. The molecule has 3 N–H and O–H groups in total. The molecule has 0 saturated carbocycles. The van der Waals surface area contributed by atoms with Crippen LogP contribution in [-0.2, 0) is 14.2 Å². The number of aliphatic imine (C=N–C) groups is 1. The van der Waals surface area contributed by atoms with Gasteiger partial charge >= 0.3 is 0 Å². The average molecular weight is 275 g/mol. The molecule has 0 amide bonds. The van der Waals surface area contributed by atoms with E-state index in [4.69, 9.17) is 19.9 Å². The molecular formula is C13H29N3O3. The van der Waals surface area contributed by atoms with Crippen LogP contribution in [0.2, 0.25) is 0 Å². The van der Waals surface area contributed by atoms with E-state index in [1.54, 1.807) is 7.11 Å². The molecule has 0 bridgehead atoms. The zero-order chi connectivity index (χ0) is 14.2. The van der Waals surface area contributed by atoms with Gasteiger partial charge in [0.1, 0.15) is 0 Å². The van der Waals surface area contributed by atoms with Crippen molar-refractivity contribution in [2.45, 2.75) is 26.2 Å². The van der Waals surface area contributed by atoms with E-state index in [0.717, 1.165) is 45.6 Å². The Bertz CT molecular complexity index is 213. The second kappa shape index (κ2) is 15.2. The normalized spacial score (nSPS) is 11.8. The quantitative estimate of drug-likeness (QED) is 0.295. The predicted molar refractivity (Wildman–Crippen MR) is 77.5 cm³/mol. The largest absolute Gasteiger partial charge is 0.382 e. The lowest BCUT2D eigenvalue weighted by Crippen LogP contribution is -2.32. The summed E-state index contributed by atoms with van der Waals surface area (Å²) in [4.78, 5) is 4.21. The van der Waals surface area contributed by atoms with Crippen LogP contribution >= 0.6 is 0 Å². The van der Waals surface area contributed by atoms with Crippen LogP contribution in [0.15, 0.2) is 4.99 Å². The van der Waals surface area contributed by atoms with Crippen LogP contribution in [0.3, 0.4) is 0 Å². The smallest absolute Gasteiger partial charge is 0.188 e. The van der Waals surface area contributed by atoms with Gasteiger partial charge in [-0.1, -0.05) is 0 Å². The molecule has 0 unspecified atom stereocenters. The third kappa shape index (κ3) is 15.1. The first kappa shape index (κ1) is 18.1. The maximum absolute atomic E-state index is 5.72. The van der Waals surface area contributed by atoms with Crippen molar-refractivity contribution < 1.29 is 14.2 Å². The maximum atomic E-state index is 5.72. The maximum Gasteiger partial charge on any atom is 0.188 e. The Kier molecular flexibility index (Phi) is 14.5.